The Morgan fingerprint density at radius 2 is 1.94 bits per heavy atom. The molecule has 1 heterocycles. The van der Waals surface area contributed by atoms with E-state index in [1.807, 2.05) is 49.4 Å². The lowest BCUT2D eigenvalue weighted by Gasteiger charge is -2.36. The Bertz CT molecular complexity index is 1010. The van der Waals surface area contributed by atoms with Gasteiger partial charge in [0.05, 0.1) is 5.69 Å². The highest BCUT2D eigenvalue weighted by molar-refractivity contribution is 7.99. The first-order valence-corrected chi connectivity index (χ1v) is 11.5. The summed E-state index contributed by atoms with van der Waals surface area (Å²) in [5.74, 6) is -0.640. The number of carbonyl (C=O) groups is 3. The van der Waals surface area contributed by atoms with Crippen molar-refractivity contribution in [1.29, 1.82) is 0 Å². The summed E-state index contributed by atoms with van der Waals surface area (Å²) >= 11 is 7.44. The second-order valence-corrected chi connectivity index (χ2v) is 9.59. The van der Waals surface area contributed by atoms with Crippen molar-refractivity contribution in [3.63, 3.8) is 0 Å². The van der Waals surface area contributed by atoms with Gasteiger partial charge in [-0.2, -0.15) is 0 Å². The molecule has 2 fully saturated rings. The molecule has 4 rings (SSSR count). The minimum atomic E-state index is -0.863. The van der Waals surface area contributed by atoms with E-state index in [0.29, 0.717) is 17.1 Å². The van der Waals surface area contributed by atoms with E-state index in [1.165, 1.54) is 11.8 Å². The molecule has 0 radical (unpaired) electrons. The van der Waals surface area contributed by atoms with Gasteiger partial charge >= 0.3 is 6.03 Å². The molecule has 162 valence electrons. The molecule has 0 bridgehead atoms. The van der Waals surface area contributed by atoms with Crippen molar-refractivity contribution in [2.24, 2.45) is 5.92 Å². The zero-order valence-electron chi connectivity index (χ0n) is 17.2. The maximum atomic E-state index is 13.1. The highest BCUT2D eigenvalue weighted by Gasteiger charge is 2.55. The second kappa shape index (κ2) is 8.93. The third kappa shape index (κ3) is 4.43. The van der Waals surface area contributed by atoms with Crippen LogP contribution in [0.5, 0.6) is 0 Å². The van der Waals surface area contributed by atoms with Gasteiger partial charge in [0.2, 0.25) is 5.91 Å². The first kappa shape index (κ1) is 21.7. The highest BCUT2D eigenvalue weighted by atomic mass is 35.5. The molecule has 1 aliphatic heterocycles. The lowest BCUT2D eigenvalue weighted by molar-refractivity contribution is -0.136. The van der Waals surface area contributed by atoms with Crippen LogP contribution in [0.3, 0.4) is 0 Å². The van der Waals surface area contributed by atoms with Crippen molar-refractivity contribution in [3.05, 3.63) is 53.6 Å². The number of benzene rings is 2. The molecule has 0 unspecified atom stereocenters. The van der Waals surface area contributed by atoms with Gasteiger partial charge in [0.25, 0.3) is 5.91 Å². The number of hydrogen-bond donors (Lipinski definition) is 2. The van der Waals surface area contributed by atoms with Crippen LogP contribution in [-0.4, -0.2) is 34.8 Å². The number of amides is 4. The van der Waals surface area contributed by atoms with E-state index in [-0.39, 0.29) is 18.4 Å². The van der Waals surface area contributed by atoms with Gasteiger partial charge in [-0.3, -0.25) is 14.5 Å². The van der Waals surface area contributed by atoms with Crippen LogP contribution in [0.15, 0.2) is 58.3 Å². The van der Waals surface area contributed by atoms with E-state index in [1.54, 1.807) is 6.07 Å². The maximum Gasteiger partial charge on any atom is 0.325 e. The van der Waals surface area contributed by atoms with Gasteiger partial charge in [-0.1, -0.05) is 55.3 Å². The third-order valence-corrected chi connectivity index (χ3v) is 7.34. The third-order valence-electron chi connectivity index (χ3n) is 6.01. The van der Waals surface area contributed by atoms with Crippen molar-refractivity contribution in [2.75, 3.05) is 11.9 Å². The summed E-state index contributed by atoms with van der Waals surface area (Å²) in [7, 11) is 0. The summed E-state index contributed by atoms with van der Waals surface area (Å²) in [6, 6.07) is 14.4. The quantitative estimate of drug-likeness (QED) is 0.624. The summed E-state index contributed by atoms with van der Waals surface area (Å²) < 4.78 is 0. The molecule has 1 aliphatic carbocycles. The van der Waals surface area contributed by atoms with E-state index >= 15 is 0 Å². The van der Waals surface area contributed by atoms with E-state index in [2.05, 4.69) is 10.6 Å². The second-order valence-electron chi connectivity index (χ2n) is 8.04. The van der Waals surface area contributed by atoms with Gasteiger partial charge in [0, 0.05) is 14.8 Å². The number of urea groups is 1. The minimum Gasteiger partial charge on any atom is -0.323 e. The number of para-hydroxylation sites is 1. The molecule has 8 heteroatoms. The number of rotatable bonds is 5. The monoisotopic (exact) mass is 457 g/mol. The van der Waals surface area contributed by atoms with Crippen LogP contribution in [0.25, 0.3) is 0 Å². The number of anilines is 1. The number of halogens is 1. The van der Waals surface area contributed by atoms with Crippen LogP contribution >= 0.6 is 23.4 Å². The fourth-order valence-corrected chi connectivity index (χ4v) is 5.29. The molecule has 1 spiro atoms. The lowest BCUT2D eigenvalue weighted by atomic mass is 9.73. The zero-order valence-corrected chi connectivity index (χ0v) is 18.8. The molecule has 2 N–H and O–H groups in total. The largest absolute Gasteiger partial charge is 0.325 e. The molecule has 6 nitrogen and oxygen atoms in total. The van der Waals surface area contributed by atoms with E-state index in [9.17, 15) is 14.4 Å². The summed E-state index contributed by atoms with van der Waals surface area (Å²) in [6.07, 6.45) is 3.46. The summed E-state index contributed by atoms with van der Waals surface area (Å²) in [5.41, 5.74) is -0.238. The van der Waals surface area contributed by atoms with E-state index < -0.39 is 17.5 Å². The van der Waals surface area contributed by atoms with Crippen molar-refractivity contribution < 1.29 is 14.4 Å². The number of imide groups is 1. The maximum absolute atomic E-state index is 13.1. The van der Waals surface area contributed by atoms with Gasteiger partial charge < -0.3 is 10.6 Å². The van der Waals surface area contributed by atoms with Gasteiger partial charge in [-0.15, -0.1) is 0 Å². The first-order valence-electron chi connectivity index (χ1n) is 10.4. The normalized spacial score (nSPS) is 23.2. The molecule has 2 aromatic rings. The molecule has 2 aliphatic rings. The van der Waals surface area contributed by atoms with Crippen LogP contribution in [0, 0.1) is 5.92 Å². The average Bonchev–Trinajstić information content (AvgIpc) is 2.98. The fraction of sp³-hybridized carbons (Fsp3) is 0.348. The Balaban J connectivity index is 1.45. The Morgan fingerprint density at radius 1 is 1.19 bits per heavy atom. The van der Waals surface area contributed by atoms with Crippen LogP contribution in [0.1, 0.15) is 32.6 Å². The Labute approximate surface area is 190 Å². The molecule has 1 saturated heterocycles. The molecule has 2 atom stereocenters. The first-order chi connectivity index (χ1) is 14.9. The Hall–Kier alpha value is -2.51. The Kier molecular flexibility index (Phi) is 6.25. The standard InChI is InChI=1S/C23H24ClN3O3S/c1-15-6-4-5-13-23(15)21(29)27(22(30)26-23)14-20(28)25-18-7-2-3-8-19(18)31-17-11-9-16(24)10-12-17/h2-3,7-12,15H,4-6,13-14H2,1H3,(H,25,28)(H,26,30)/t15-,23+/m0/s1. The number of nitrogens with one attached hydrogen (secondary N) is 2. The van der Waals surface area contributed by atoms with E-state index in [4.69, 9.17) is 11.6 Å². The predicted octanol–water partition coefficient (Wildman–Crippen LogP) is 4.93. The van der Waals surface area contributed by atoms with Gasteiger partial charge in [-0.25, -0.2) is 4.79 Å². The number of hydrogen-bond acceptors (Lipinski definition) is 4. The lowest BCUT2D eigenvalue weighted by Crippen LogP contribution is -2.54. The highest BCUT2D eigenvalue weighted by Crippen LogP contribution is 2.38. The molecule has 2 aromatic carbocycles. The number of nitrogens with zero attached hydrogens (tertiary/aromatic N) is 1. The van der Waals surface area contributed by atoms with Crippen molar-refractivity contribution in [1.82, 2.24) is 10.2 Å². The molecule has 0 aromatic heterocycles. The molecule has 31 heavy (non-hydrogen) atoms. The fourth-order valence-electron chi connectivity index (χ4n) is 4.26. The van der Waals surface area contributed by atoms with Crippen molar-refractivity contribution in [3.8, 4) is 0 Å². The predicted molar refractivity (Wildman–Crippen MR) is 121 cm³/mol. The van der Waals surface area contributed by atoms with Crippen molar-refractivity contribution >= 4 is 46.9 Å². The molecular weight excluding hydrogens is 434 g/mol. The summed E-state index contributed by atoms with van der Waals surface area (Å²) in [6.45, 7) is 1.68. The zero-order chi connectivity index (χ0) is 22.0. The topological polar surface area (TPSA) is 78.5 Å². The smallest absolute Gasteiger partial charge is 0.323 e. The summed E-state index contributed by atoms with van der Waals surface area (Å²) in [4.78, 5) is 41.2. The molecular formula is C23H24ClN3O3S. The molecule has 1 saturated carbocycles. The SMILES string of the molecule is C[C@H]1CCCC[C@@]12NC(=O)N(CC(=O)Nc1ccccc1Sc1ccc(Cl)cc1)C2=O. The van der Waals surface area contributed by atoms with Crippen LogP contribution in [0.2, 0.25) is 5.02 Å². The minimum absolute atomic E-state index is 0.0577. The van der Waals surface area contributed by atoms with Crippen molar-refractivity contribution in [2.45, 2.75) is 47.9 Å². The number of carbonyl (C=O) groups excluding carboxylic acids is 3. The molecule has 4 amide bonds. The summed E-state index contributed by atoms with van der Waals surface area (Å²) in [5, 5.41) is 6.39. The van der Waals surface area contributed by atoms with Crippen LogP contribution in [-0.2, 0) is 9.59 Å². The van der Waals surface area contributed by atoms with E-state index in [0.717, 1.165) is 34.0 Å². The van der Waals surface area contributed by atoms with Crippen LogP contribution in [0.4, 0.5) is 10.5 Å². The van der Waals surface area contributed by atoms with Gasteiger partial charge in [-0.05, 0) is 55.2 Å². The van der Waals surface area contributed by atoms with Gasteiger partial charge in [0.1, 0.15) is 12.1 Å². The Morgan fingerprint density at radius 3 is 2.68 bits per heavy atom. The van der Waals surface area contributed by atoms with Crippen LogP contribution < -0.4 is 10.6 Å². The van der Waals surface area contributed by atoms with Gasteiger partial charge in [0.15, 0.2) is 0 Å². The average molecular weight is 458 g/mol.